The summed E-state index contributed by atoms with van der Waals surface area (Å²) >= 11 is 0. The van der Waals surface area contributed by atoms with Crippen molar-refractivity contribution in [2.45, 2.75) is 63.9 Å². The Hall–Kier alpha value is -0.920. The minimum atomic E-state index is -3.38. The van der Waals surface area contributed by atoms with Gasteiger partial charge in [0.05, 0.1) is 11.8 Å². The second-order valence-electron chi connectivity index (χ2n) is 5.81. The maximum atomic E-state index is 12.5. The number of methoxy groups -OCH3 is 1. The van der Waals surface area contributed by atoms with Crippen molar-refractivity contribution in [2.75, 3.05) is 7.11 Å². The van der Waals surface area contributed by atoms with Gasteiger partial charge in [-0.1, -0.05) is 5.16 Å². The molecule has 6 nitrogen and oxygen atoms in total. The van der Waals surface area contributed by atoms with Crippen LogP contribution in [0.1, 0.15) is 43.2 Å². The van der Waals surface area contributed by atoms with Crippen molar-refractivity contribution in [3.8, 4) is 0 Å². The Kier molecular flexibility index (Phi) is 5.06. The molecule has 1 heterocycles. The van der Waals surface area contributed by atoms with Crippen LogP contribution in [-0.4, -0.2) is 38.1 Å². The summed E-state index contributed by atoms with van der Waals surface area (Å²) in [6.45, 7) is 5.57. The van der Waals surface area contributed by atoms with Crippen LogP contribution >= 0.6 is 0 Å². The minimum absolute atomic E-state index is 0.200. The fourth-order valence-electron chi connectivity index (χ4n) is 3.03. The molecule has 0 aliphatic heterocycles. The van der Waals surface area contributed by atoms with Crippen LogP contribution in [0, 0.1) is 13.8 Å². The van der Waals surface area contributed by atoms with Gasteiger partial charge >= 0.3 is 0 Å². The van der Waals surface area contributed by atoms with Crippen molar-refractivity contribution in [3.63, 3.8) is 0 Å². The molecule has 7 heteroatoms. The first-order valence-electron chi connectivity index (χ1n) is 7.31. The van der Waals surface area contributed by atoms with E-state index in [0.29, 0.717) is 12.8 Å². The number of hydrogen-bond acceptors (Lipinski definition) is 5. The van der Waals surface area contributed by atoms with Gasteiger partial charge in [0.1, 0.15) is 11.0 Å². The lowest BCUT2D eigenvalue weighted by atomic mass is 10.1. The Morgan fingerprint density at radius 2 is 2.14 bits per heavy atom. The molecule has 0 amide bonds. The molecule has 1 saturated carbocycles. The predicted octanol–water partition coefficient (Wildman–Crippen LogP) is 1.71. The standard InChI is InChI=1S/C14H24N2O4S/c1-9(8-12-10(2)15-20-11(12)3)16-21(17,18)14-7-5-6-13(14)19-4/h9,13-14,16H,5-8H2,1-4H3/t9?,13-,14-/m1/s1. The van der Waals surface area contributed by atoms with E-state index in [1.54, 1.807) is 7.11 Å². The van der Waals surface area contributed by atoms with E-state index in [-0.39, 0.29) is 12.1 Å². The van der Waals surface area contributed by atoms with E-state index < -0.39 is 15.3 Å². The number of nitrogens with zero attached hydrogens (tertiary/aromatic N) is 1. The highest BCUT2D eigenvalue weighted by atomic mass is 32.2. The molecular weight excluding hydrogens is 292 g/mol. The Morgan fingerprint density at radius 3 is 2.71 bits per heavy atom. The van der Waals surface area contributed by atoms with Crippen LogP contribution in [0.15, 0.2) is 4.52 Å². The lowest BCUT2D eigenvalue weighted by molar-refractivity contribution is 0.111. The van der Waals surface area contributed by atoms with Crippen LogP contribution in [0.2, 0.25) is 0 Å². The third-order valence-electron chi connectivity index (χ3n) is 4.15. The van der Waals surface area contributed by atoms with Gasteiger partial charge in [-0.05, 0) is 46.5 Å². The fourth-order valence-corrected chi connectivity index (χ4v) is 4.97. The van der Waals surface area contributed by atoms with Crippen LogP contribution in [0.3, 0.4) is 0 Å². The van der Waals surface area contributed by atoms with E-state index in [9.17, 15) is 8.42 Å². The largest absolute Gasteiger partial charge is 0.380 e. The molecule has 1 unspecified atom stereocenters. The summed E-state index contributed by atoms with van der Waals surface area (Å²) in [6.07, 6.45) is 2.73. The number of aryl methyl sites for hydroxylation is 2. The molecule has 1 aliphatic rings. The topological polar surface area (TPSA) is 81.4 Å². The number of ether oxygens (including phenoxy) is 1. The zero-order valence-corrected chi connectivity index (χ0v) is 13.9. The van der Waals surface area contributed by atoms with Gasteiger partial charge in [-0.25, -0.2) is 13.1 Å². The van der Waals surface area contributed by atoms with Crippen LogP contribution in [0.4, 0.5) is 0 Å². The molecular formula is C14H24N2O4S. The maximum absolute atomic E-state index is 12.5. The van der Waals surface area contributed by atoms with Crippen LogP contribution < -0.4 is 4.72 Å². The van der Waals surface area contributed by atoms with E-state index in [1.165, 1.54) is 0 Å². The normalized spacial score (nSPS) is 24.4. The maximum Gasteiger partial charge on any atom is 0.217 e. The molecule has 1 fully saturated rings. The van der Waals surface area contributed by atoms with E-state index in [4.69, 9.17) is 9.26 Å². The third kappa shape index (κ3) is 3.64. The molecule has 0 bridgehead atoms. The van der Waals surface area contributed by atoms with Gasteiger partial charge in [-0.2, -0.15) is 0 Å². The average Bonchev–Trinajstić information content (AvgIpc) is 3.00. The molecule has 21 heavy (non-hydrogen) atoms. The van der Waals surface area contributed by atoms with E-state index in [0.717, 1.165) is 29.9 Å². The molecule has 0 aromatic carbocycles. The average molecular weight is 316 g/mol. The molecule has 2 rings (SSSR count). The molecule has 1 aliphatic carbocycles. The second-order valence-corrected chi connectivity index (χ2v) is 7.75. The Balaban J connectivity index is 2.03. The number of rotatable bonds is 6. The van der Waals surface area contributed by atoms with Crippen molar-refractivity contribution >= 4 is 10.0 Å². The lowest BCUT2D eigenvalue weighted by Gasteiger charge is -2.22. The predicted molar refractivity (Wildman–Crippen MR) is 79.6 cm³/mol. The first-order valence-corrected chi connectivity index (χ1v) is 8.85. The highest BCUT2D eigenvalue weighted by molar-refractivity contribution is 7.90. The first-order chi connectivity index (χ1) is 9.85. The van der Waals surface area contributed by atoms with Crippen molar-refractivity contribution in [1.29, 1.82) is 0 Å². The first kappa shape index (κ1) is 16.5. The lowest BCUT2D eigenvalue weighted by Crippen LogP contribution is -2.44. The summed E-state index contributed by atoms with van der Waals surface area (Å²) in [5, 5.41) is 3.45. The van der Waals surface area contributed by atoms with Crippen molar-refractivity contribution in [2.24, 2.45) is 0 Å². The quantitative estimate of drug-likeness (QED) is 0.864. The number of sulfonamides is 1. The van der Waals surface area contributed by atoms with Crippen molar-refractivity contribution < 1.29 is 17.7 Å². The van der Waals surface area contributed by atoms with Gasteiger partial charge in [0.25, 0.3) is 0 Å². The van der Waals surface area contributed by atoms with Crippen molar-refractivity contribution in [3.05, 3.63) is 17.0 Å². The smallest absolute Gasteiger partial charge is 0.217 e. The monoisotopic (exact) mass is 316 g/mol. The Morgan fingerprint density at radius 1 is 1.43 bits per heavy atom. The summed E-state index contributed by atoms with van der Waals surface area (Å²) in [5.74, 6) is 0.745. The highest BCUT2D eigenvalue weighted by Crippen LogP contribution is 2.27. The van der Waals surface area contributed by atoms with E-state index in [1.807, 2.05) is 20.8 Å². The SMILES string of the molecule is CO[C@@H]1CCC[C@H]1S(=O)(=O)NC(C)Cc1c(C)noc1C. The molecule has 0 saturated heterocycles. The summed E-state index contributed by atoms with van der Waals surface area (Å²) in [7, 11) is -1.80. The van der Waals surface area contributed by atoms with Crippen LogP contribution in [-0.2, 0) is 21.2 Å². The third-order valence-corrected chi connectivity index (χ3v) is 6.22. The molecule has 1 aromatic heterocycles. The molecule has 1 aromatic rings. The van der Waals surface area contributed by atoms with Crippen LogP contribution in [0.5, 0.6) is 0 Å². The Bertz CT molecular complexity index is 562. The van der Waals surface area contributed by atoms with Gasteiger partial charge < -0.3 is 9.26 Å². The van der Waals surface area contributed by atoms with E-state index >= 15 is 0 Å². The van der Waals surface area contributed by atoms with Crippen LogP contribution in [0.25, 0.3) is 0 Å². The van der Waals surface area contributed by atoms with Gasteiger partial charge in [-0.3, -0.25) is 0 Å². The van der Waals surface area contributed by atoms with Gasteiger partial charge in [-0.15, -0.1) is 0 Å². The molecule has 0 radical (unpaired) electrons. The van der Waals surface area contributed by atoms with E-state index in [2.05, 4.69) is 9.88 Å². The summed E-state index contributed by atoms with van der Waals surface area (Å²) in [4.78, 5) is 0. The molecule has 3 atom stereocenters. The minimum Gasteiger partial charge on any atom is -0.380 e. The molecule has 0 spiro atoms. The summed E-state index contributed by atoms with van der Waals surface area (Å²) in [5.41, 5.74) is 1.79. The second kappa shape index (κ2) is 6.46. The number of nitrogens with one attached hydrogen (secondary N) is 1. The Labute approximate surface area is 126 Å². The van der Waals surface area contributed by atoms with Crippen molar-refractivity contribution in [1.82, 2.24) is 9.88 Å². The number of hydrogen-bond donors (Lipinski definition) is 1. The zero-order chi connectivity index (χ0) is 15.6. The molecule has 120 valence electrons. The summed E-state index contributed by atoms with van der Waals surface area (Å²) in [6, 6.07) is -0.204. The van der Waals surface area contributed by atoms with Gasteiger partial charge in [0.15, 0.2) is 0 Å². The zero-order valence-electron chi connectivity index (χ0n) is 13.0. The van der Waals surface area contributed by atoms with Gasteiger partial charge in [0.2, 0.25) is 10.0 Å². The number of aromatic nitrogens is 1. The summed E-state index contributed by atoms with van der Waals surface area (Å²) < 4.78 is 38.1. The van der Waals surface area contributed by atoms with Gasteiger partial charge in [0, 0.05) is 18.7 Å². The fraction of sp³-hybridized carbons (Fsp3) is 0.786. The molecule has 1 N–H and O–H groups in total. The highest BCUT2D eigenvalue weighted by Gasteiger charge is 2.38.